The van der Waals surface area contributed by atoms with E-state index in [-0.39, 0.29) is 12.2 Å². The summed E-state index contributed by atoms with van der Waals surface area (Å²) in [6, 6.07) is 12.2. The quantitative estimate of drug-likeness (QED) is 0.445. The summed E-state index contributed by atoms with van der Waals surface area (Å²) in [6.07, 6.45) is 1.77. The largest absolute Gasteiger partial charge is 0.496 e. The number of para-hydroxylation sites is 1. The molecule has 1 atom stereocenters. The number of ether oxygens (including phenoxy) is 3. The summed E-state index contributed by atoms with van der Waals surface area (Å²) >= 11 is 4.73. The molecule has 0 spiro atoms. The van der Waals surface area contributed by atoms with E-state index in [1.807, 2.05) is 36.4 Å². The number of carbonyl (C=O) groups excluding carboxylic acids is 1. The minimum atomic E-state index is -0.738. The fourth-order valence-electron chi connectivity index (χ4n) is 3.94. The highest BCUT2D eigenvalue weighted by Gasteiger charge is 2.34. The van der Waals surface area contributed by atoms with Crippen molar-refractivity contribution in [3.63, 3.8) is 0 Å². The predicted molar refractivity (Wildman–Crippen MR) is 134 cm³/mol. The molecule has 0 amide bonds. The number of allylic oxidation sites excluding steroid dienone is 1. The standard InChI is InChI=1S/C25H23BrN2O5S/c1-5-33-24(30)21-14(2)27-25-28(22(21)17-8-6-7-9-19(17)32-4)23(29)20(34-25)13-15-12-16(26)10-11-18(15)31-3/h6-13,22H,5H2,1-4H3/b20-13+. The van der Waals surface area contributed by atoms with Gasteiger partial charge in [0, 0.05) is 15.6 Å². The molecule has 7 nitrogen and oxygen atoms in total. The van der Waals surface area contributed by atoms with E-state index in [2.05, 4.69) is 20.9 Å². The number of thiazole rings is 1. The lowest BCUT2D eigenvalue weighted by atomic mass is 9.95. The molecule has 34 heavy (non-hydrogen) atoms. The van der Waals surface area contributed by atoms with E-state index in [0.717, 1.165) is 10.0 Å². The van der Waals surface area contributed by atoms with Crippen LogP contribution in [0.4, 0.5) is 0 Å². The number of esters is 1. The second-order valence-corrected chi connectivity index (χ2v) is 9.36. The van der Waals surface area contributed by atoms with Gasteiger partial charge < -0.3 is 14.2 Å². The molecule has 0 radical (unpaired) electrons. The maximum absolute atomic E-state index is 13.7. The van der Waals surface area contributed by atoms with Crippen molar-refractivity contribution in [1.82, 2.24) is 4.57 Å². The van der Waals surface area contributed by atoms with E-state index >= 15 is 0 Å². The van der Waals surface area contributed by atoms with Crippen molar-refractivity contribution < 1.29 is 19.0 Å². The second kappa shape index (κ2) is 9.99. The third kappa shape index (κ3) is 4.33. The Bertz CT molecular complexity index is 1470. The number of methoxy groups -OCH3 is 2. The van der Waals surface area contributed by atoms with Gasteiger partial charge in [-0.2, -0.15) is 0 Å². The lowest BCUT2D eigenvalue weighted by molar-refractivity contribution is -0.139. The molecule has 176 valence electrons. The van der Waals surface area contributed by atoms with Gasteiger partial charge in [-0.15, -0.1) is 0 Å². The molecule has 1 unspecified atom stereocenters. The number of halogens is 1. The van der Waals surface area contributed by atoms with Crippen molar-refractivity contribution in [1.29, 1.82) is 0 Å². The zero-order chi connectivity index (χ0) is 24.4. The SMILES string of the molecule is CCOC(=O)C1=C(C)N=c2s/c(=C/c3cc(Br)ccc3OC)c(=O)n2C1c1ccccc1OC. The van der Waals surface area contributed by atoms with Gasteiger partial charge in [0.15, 0.2) is 4.80 Å². The molecule has 0 N–H and O–H groups in total. The highest BCUT2D eigenvalue weighted by atomic mass is 79.9. The molecule has 9 heteroatoms. The first-order valence-electron chi connectivity index (χ1n) is 10.6. The zero-order valence-corrected chi connectivity index (χ0v) is 21.5. The molecule has 4 rings (SSSR count). The van der Waals surface area contributed by atoms with E-state index in [1.165, 1.54) is 15.9 Å². The molecule has 2 aromatic carbocycles. The number of aromatic nitrogens is 1. The van der Waals surface area contributed by atoms with Gasteiger partial charge in [-0.05, 0) is 44.2 Å². The van der Waals surface area contributed by atoms with E-state index in [1.54, 1.807) is 40.2 Å². The monoisotopic (exact) mass is 542 g/mol. The number of rotatable bonds is 6. The fourth-order valence-corrected chi connectivity index (χ4v) is 5.35. The summed E-state index contributed by atoms with van der Waals surface area (Å²) < 4.78 is 19.2. The van der Waals surface area contributed by atoms with Crippen LogP contribution in [-0.2, 0) is 9.53 Å². The molecule has 1 aromatic heterocycles. The van der Waals surface area contributed by atoms with Gasteiger partial charge in [-0.3, -0.25) is 9.36 Å². The van der Waals surface area contributed by atoms with Gasteiger partial charge in [0.1, 0.15) is 17.5 Å². The van der Waals surface area contributed by atoms with Crippen molar-refractivity contribution in [3.05, 3.63) is 89.0 Å². The van der Waals surface area contributed by atoms with Crippen LogP contribution in [0.5, 0.6) is 11.5 Å². The average molecular weight is 543 g/mol. The summed E-state index contributed by atoms with van der Waals surface area (Å²) in [7, 11) is 3.14. The van der Waals surface area contributed by atoms with Gasteiger partial charge in [0.2, 0.25) is 0 Å². The average Bonchev–Trinajstić information content (AvgIpc) is 3.12. The van der Waals surface area contributed by atoms with Crippen LogP contribution in [0.2, 0.25) is 0 Å². The van der Waals surface area contributed by atoms with Crippen LogP contribution in [0.1, 0.15) is 31.0 Å². The summed E-state index contributed by atoms with van der Waals surface area (Å²) in [4.78, 5) is 31.8. The lowest BCUT2D eigenvalue weighted by Crippen LogP contribution is -2.40. The molecule has 1 aliphatic heterocycles. The third-order valence-electron chi connectivity index (χ3n) is 5.43. The first-order chi connectivity index (χ1) is 16.4. The number of hydrogen-bond acceptors (Lipinski definition) is 7. The maximum Gasteiger partial charge on any atom is 0.338 e. The van der Waals surface area contributed by atoms with Gasteiger partial charge in [-0.1, -0.05) is 45.5 Å². The van der Waals surface area contributed by atoms with Crippen LogP contribution in [0.25, 0.3) is 6.08 Å². The van der Waals surface area contributed by atoms with E-state index < -0.39 is 12.0 Å². The Morgan fingerprint density at radius 2 is 1.91 bits per heavy atom. The molecule has 1 aliphatic rings. The number of nitrogens with zero attached hydrogens (tertiary/aromatic N) is 2. The summed E-state index contributed by atoms with van der Waals surface area (Å²) in [5.41, 5.74) is 1.97. The van der Waals surface area contributed by atoms with Crippen molar-refractivity contribution in [2.45, 2.75) is 19.9 Å². The van der Waals surface area contributed by atoms with Gasteiger partial charge in [0.25, 0.3) is 5.56 Å². The molecule has 2 heterocycles. The second-order valence-electron chi connectivity index (χ2n) is 7.43. The Balaban J connectivity index is 2.01. The Morgan fingerprint density at radius 1 is 1.18 bits per heavy atom. The zero-order valence-electron chi connectivity index (χ0n) is 19.1. The Labute approximate surface area is 208 Å². The summed E-state index contributed by atoms with van der Waals surface area (Å²) in [6.45, 7) is 3.71. The van der Waals surface area contributed by atoms with Crippen LogP contribution in [-0.4, -0.2) is 31.4 Å². The summed E-state index contributed by atoms with van der Waals surface area (Å²) in [5, 5.41) is 0. The Hall–Kier alpha value is -3.17. The summed E-state index contributed by atoms with van der Waals surface area (Å²) in [5.74, 6) is 0.688. The van der Waals surface area contributed by atoms with Crippen LogP contribution in [0, 0.1) is 0 Å². The normalized spacial score (nSPS) is 15.6. The molecule has 0 bridgehead atoms. The lowest BCUT2D eigenvalue weighted by Gasteiger charge is -2.25. The molecule has 0 saturated heterocycles. The Kier molecular flexibility index (Phi) is 7.04. The predicted octanol–water partition coefficient (Wildman–Crippen LogP) is 3.58. The molecule has 0 fully saturated rings. The van der Waals surface area contributed by atoms with E-state index in [9.17, 15) is 9.59 Å². The highest BCUT2D eigenvalue weighted by Crippen LogP contribution is 2.35. The van der Waals surface area contributed by atoms with Crippen molar-refractivity contribution in [2.75, 3.05) is 20.8 Å². The highest BCUT2D eigenvalue weighted by molar-refractivity contribution is 9.10. The van der Waals surface area contributed by atoms with Crippen LogP contribution in [0.3, 0.4) is 0 Å². The van der Waals surface area contributed by atoms with Crippen molar-refractivity contribution >= 4 is 39.3 Å². The fraction of sp³-hybridized carbons (Fsp3) is 0.240. The topological polar surface area (TPSA) is 79.1 Å². The van der Waals surface area contributed by atoms with Gasteiger partial charge in [-0.25, -0.2) is 9.79 Å². The molecule has 3 aromatic rings. The van der Waals surface area contributed by atoms with Crippen LogP contribution < -0.4 is 24.4 Å². The third-order valence-corrected chi connectivity index (χ3v) is 6.91. The number of carbonyl (C=O) groups is 1. The Morgan fingerprint density at radius 3 is 2.62 bits per heavy atom. The van der Waals surface area contributed by atoms with Crippen LogP contribution >= 0.6 is 27.3 Å². The number of fused-ring (bicyclic) bond motifs is 1. The number of hydrogen-bond donors (Lipinski definition) is 0. The van der Waals surface area contributed by atoms with E-state index in [0.29, 0.717) is 37.7 Å². The maximum atomic E-state index is 13.7. The molecular weight excluding hydrogens is 520 g/mol. The number of benzene rings is 2. The molecular formula is C25H23BrN2O5S. The molecule has 0 saturated carbocycles. The van der Waals surface area contributed by atoms with E-state index in [4.69, 9.17) is 14.2 Å². The van der Waals surface area contributed by atoms with Gasteiger partial charge >= 0.3 is 5.97 Å². The first kappa shape index (κ1) is 24.0. The first-order valence-corrected chi connectivity index (χ1v) is 12.2. The van der Waals surface area contributed by atoms with Gasteiger partial charge in [0.05, 0.1) is 36.6 Å². The molecule has 0 aliphatic carbocycles. The minimum Gasteiger partial charge on any atom is -0.496 e. The minimum absolute atomic E-state index is 0.210. The smallest absolute Gasteiger partial charge is 0.338 e. The van der Waals surface area contributed by atoms with Crippen molar-refractivity contribution in [2.24, 2.45) is 4.99 Å². The van der Waals surface area contributed by atoms with Crippen molar-refractivity contribution in [3.8, 4) is 11.5 Å². The van der Waals surface area contributed by atoms with Crippen LogP contribution in [0.15, 0.2) is 68.0 Å².